The third kappa shape index (κ3) is 3.87. The number of benzene rings is 1. The first kappa shape index (κ1) is 15.6. The van der Waals surface area contributed by atoms with Gasteiger partial charge in [0.1, 0.15) is 11.9 Å². The standard InChI is InChI=1S/C14H15FN4O3/c1-2-11(14(21)22)16-13(20)12-8-19(18-17-12)7-9-4-3-5-10(15)6-9/h3-6,8,11H,2,7H2,1H3,(H,16,20)(H,21,22). The number of carbonyl (C=O) groups is 2. The smallest absolute Gasteiger partial charge is 0.326 e. The zero-order valence-electron chi connectivity index (χ0n) is 11.9. The minimum Gasteiger partial charge on any atom is -0.480 e. The van der Waals surface area contributed by atoms with Crippen LogP contribution in [0.1, 0.15) is 29.4 Å². The van der Waals surface area contributed by atoms with Gasteiger partial charge >= 0.3 is 5.97 Å². The Kier molecular flexibility index (Phi) is 4.82. The second kappa shape index (κ2) is 6.79. The van der Waals surface area contributed by atoms with Crippen molar-refractivity contribution in [3.8, 4) is 0 Å². The van der Waals surface area contributed by atoms with E-state index in [1.165, 1.54) is 23.0 Å². The Morgan fingerprint density at radius 2 is 2.23 bits per heavy atom. The lowest BCUT2D eigenvalue weighted by Crippen LogP contribution is -2.40. The van der Waals surface area contributed by atoms with Crippen molar-refractivity contribution in [1.82, 2.24) is 20.3 Å². The number of rotatable bonds is 6. The Bertz CT molecular complexity index is 686. The molecule has 1 heterocycles. The first-order chi connectivity index (χ1) is 10.5. The highest BCUT2D eigenvalue weighted by Gasteiger charge is 2.20. The summed E-state index contributed by atoms with van der Waals surface area (Å²) in [6.45, 7) is 1.91. The summed E-state index contributed by atoms with van der Waals surface area (Å²) >= 11 is 0. The van der Waals surface area contributed by atoms with Gasteiger partial charge in [-0.25, -0.2) is 13.9 Å². The molecule has 0 spiro atoms. The average Bonchev–Trinajstić information content (AvgIpc) is 2.92. The number of carboxylic acids is 1. The number of nitrogens with zero attached hydrogens (tertiary/aromatic N) is 3. The fourth-order valence-electron chi connectivity index (χ4n) is 1.87. The van der Waals surface area contributed by atoms with Gasteiger partial charge in [0.2, 0.25) is 0 Å². The van der Waals surface area contributed by atoms with Gasteiger partial charge in [0.05, 0.1) is 12.7 Å². The Balaban J connectivity index is 2.04. The maximum Gasteiger partial charge on any atom is 0.326 e. The highest BCUT2D eigenvalue weighted by molar-refractivity contribution is 5.94. The van der Waals surface area contributed by atoms with Gasteiger partial charge < -0.3 is 10.4 Å². The molecule has 1 unspecified atom stereocenters. The number of hydrogen-bond acceptors (Lipinski definition) is 4. The van der Waals surface area contributed by atoms with Crippen molar-refractivity contribution < 1.29 is 19.1 Å². The summed E-state index contributed by atoms with van der Waals surface area (Å²) in [5.74, 6) is -2.08. The van der Waals surface area contributed by atoms with E-state index < -0.39 is 17.9 Å². The fourth-order valence-corrected chi connectivity index (χ4v) is 1.87. The van der Waals surface area contributed by atoms with Crippen molar-refractivity contribution in [3.05, 3.63) is 47.5 Å². The molecule has 0 bridgehead atoms. The van der Waals surface area contributed by atoms with E-state index in [1.54, 1.807) is 19.1 Å². The molecule has 116 valence electrons. The first-order valence-corrected chi connectivity index (χ1v) is 6.68. The Morgan fingerprint density at radius 3 is 2.86 bits per heavy atom. The minimum absolute atomic E-state index is 0.0103. The molecule has 0 fully saturated rings. The van der Waals surface area contributed by atoms with E-state index in [2.05, 4.69) is 15.6 Å². The second-order valence-corrected chi connectivity index (χ2v) is 4.70. The predicted octanol–water partition coefficient (Wildman–Crippen LogP) is 1.06. The van der Waals surface area contributed by atoms with Crippen LogP contribution in [0.2, 0.25) is 0 Å². The molecule has 0 radical (unpaired) electrons. The number of aliphatic carboxylic acids is 1. The van der Waals surface area contributed by atoms with Gasteiger partial charge in [-0.05, 0) is 24.1 Å². The predicted molar refractivity (Wildman–Crippen MR) is 74.7 cm³/mol. The van der Waals surface area contributed by atoms with Crippen molar-refractivity contribution in [1.29, 1.82) is 0 Å². The molecular weight excluding hydrogens is 291 g/mol. The second-order valence-electron chi connectivity index (χ2n) is 4.70. The van der Waals surface area contributed by atoms with Crippen LogP contribution in [0.3, 0.4) is 0 Å². The summed E-state index contributed by atoms with van der Waals surface area (Å²) in [5.41, 5.74) is 0.685. The van der Waals surface area contributed by atoms with E-state index in [4.69, 9.17) is 5.11 Å². The number of hydrogen-bond donors (Lipinski definition) is 2. The lowest BCUT2D eigenvalue weighted by atomic mass is 10.2. The van der Waals surface area contributed by atoms with E-state index >= 15 is 0 Å². The highest BCUT2D eigenvalue weighted by atomic mass is 19.1. The van der Waals surface area contributed by atoms with Gasteiger partial charge in [-0.1, -0.05) is 24.3 Å². The average molecular weight is 306 g/mol. The lowest BCUT2D eigenvalue weighted by Gasteiger charge is -2.10. The molecule has 7 nitrogen and oxygen atoms in total. The lowest BCUT2D eigenvalue weighted by molar-refractivity contribution is -0.139. The van der Waals surface area contributed by atoms with Crippen molar-refractivity contribution in [2.45, 2.75) is 25.9 Å². The molecule has 0 aliphatic carbocycles. The number of carboxylic acid groups (broad SMARTS) is 1. The molecule has 2 aromatic rings. The Hall–Kier alpha value is -2.77. The van der Waals surface area contributed by atoms with Crippen LogP contribution in [0, 0.1) is 5.82 Å². The van der Waals surface area contributed by atoms with E-state index in [9.17, 15) is 14.0 Å². The van der Waals surface area contributed by atoms with Gasteiger partial charge in [0, 0.05) is 0 Å². The number of carbonyl (C=O) groups excluding carboxylic acids is 1. The van der Waals surface area contributed by atoms with Crippen LogP contribution in [0.4, 0.5) is 4.39 Å². The zero-order chi connectivity index (χ0) is 16.1. The number of nitrogens with one attached hydrogen (secondary N) is 1. The van der Waals surface area contributed by atoms with E-state index in [0.29, 0.717) is 5.56 Å². The normalized spacial score (nSPS) is 11.9. The summed E-state index contributed by atoms with van der Waals surface area (Å²) < 4.78 is 14.5. The Morgan fingerprint density at radius 1 is 1.45 bits per heavy atom. The van der Waals surface area contributed by atoms with Crippen LogP contribution in [-0.4, -0.2) is 38.0 Å². The van der Waals surface area contributed by atoms with Gasteiger partial charge in [-0.2, -0.15) is 0 Å². The molecule has 22 heavy (non-hydrogen) atoms. The molecule has 1 amide bonds. The van der Waals surface area contributed by atoms with Crippen molar-refractivity contribution in [2.24, 2.45) is 0 Å². The van der Waals surface area contributed by atoms with E-state index in [1.807, 2.05) is 0 Å². The summed E-state index contributed by atoms with van der Waals surface area (Å²) in [7, 11) is 0. The molecule has 2 N–H and O–H groups in total. The van der Waals surface area contributed by atoms with Gasteiger partial charge in [-0.3, -0.25) is 4.79 Å². The summed E-state index contributed by atoms with van der Waals surface area (Å²) in [4.78, 5) is 22.8. The third-order valence-electron chi connectivity index (χ3n) is 3.02. The molecule has 1 aromatic heterocycles. The molecule has 1 atom stereocenters. The summed E-state index contributed by atoms with van der Waals surface area (Å²) in [6.07, 6.45) is 1.65. The van der Waals surface area contributed by atoms with Crippen molar-refractivity contribution in [3.63, 3.8) is 0 Å². The molecule has 8 heteroatoms. The maximum absolute atomic E-state index is 13.1. The van der Waals surface area contributed by atoms with Crippen LogP contribution < -0.4 is 5.32 Å². The van der Waals surface area contributed by atoms with E-state index in [0.717, 1.165) is 0 Å². The van der Waals surface area contributed by atoms with Crippen LogP contribution in [0.15, 0.2) is 30.5 Å². The third-order valence-corrected chi connectivity index (χ3v) is 3.02. The number of halogens is 1. The molecule has 0 saturated heterocycles. The highest BCUT2D eigenvalue weighted by Crippen LogP contribution is 2.06. The molecular formula is C14H15FN4O3. The van der Waals surface area contributed by atoms with Gasteiger partial charge in [0.25, 0.3) is 5.91 Å². The van der Waals surface area contributed by atoms with Crippen LogP contribution in [0.5, 0.6) is 0 Å². The molecule has 0 aliphatic rings. The van der Waals surface area contributed by atoms with Crippen molar-refractivity contribution >= 4 is 11.9 Å². The maximum atomic E-state index is 13.1. The fraction of sp³-hybridized carbons (Fsp3) is 0.286. The summed E-state index contributed by atoms with van der Waals surface area (Å²) in [5, 5.41) is 18.7. The topological polar surface area (TPSA) is 97.1 Å². The van der Waals surface area contributed by atoms with Crippen LogP contribution in [-0.2, 0) is 11.3 Å². The molecule has 0 saturated carbocycles. The Labute approximate surface area is 125 Å². The minimum atomic E-state index is -1.11. The first-order valence-electron chi connectivity index (χ1n) is 6.68. The zero-order valence-corrected chi connectivity index (χ0v) is 11.9. The summed E-state index contributed by atoms with van der Waals surface area (Å²) in [6, 6.07) is 5.02. The molecule has 1 aromatic carbocycles. The van der Waals surface area contributed by atoms with E-state index in [-0.39, 0.29) is 24.5 Å². The molecule has 0 aliphatic heterocycles. The quantitative estimate of drug-likeness (QED) is 0.831. The van der Waals surface area contributed by atoms with Gasteiger partial charge in [0.15, 0.2) is 5.69 Å². The largest absolute Gasteiger partial charge is 0.480 e. The SMILES string of the molecule is CCC(NC(=O)c1cn(Cc2cccc(F)c2)nn1)C(=O)O. The van der Waals surface area contributed by atoms with Crippen LogP contribution >= 0.6 is 0 Å². The monoisotopic (exact) mass is 306 g/mol. The van der Waals surface area contributed by atoms with Crippen LogP contribution in [0.25, 0.3) is 0 Å². The molecule has 2 rings (SSSR count). The van der Waals surface area contributed by atoms with Crippen molar-refractivity contribution in [2.75, 3.05) is 0 Å². The number of amides is 1. The number of aromatic nitrogens is 3. The van der Waals surface area contributed by atoms with Gasteiger partial charge in [-0.15, -0.1) is 5.10 Å².